The van der Waals surface area contributed by atoms with Gasteiger partial charge in [0.1, 0.15) is 12.1 Å². The zero-order valence-corrected chi connectivity index (χ0v) is 10.2. The Morgan fingerprint density at radius 3 is 2.94 bits per heavy atom. The number of hydrogen-bond acceptors (Lipinski definition) is 4. The first kappa shape index (κ1) is 12.2. The number of carbonyl (C=O) groups excluding carboxylic acids is 1. The minimum absolute atomic E-state index is 0.244. The van der Waals surface area contributed by atoms with Crippen molar-refractivity contribution < 1.29 is 9.53 Å². The SMILES string of the molecule is COc1ccc(Cl)cc1NC(=O)Nc1ncn[nH]1. The van der Waals surface area contributed by atoms with E-state index in [4.69, 9.17) is 16.3 Å². The maximum atomic E-state index is 11.7. The van der Waals surface area contributed by atoms with Crippen LogP contribution in [0.4, 0.5) is 16.4 Å². The molecule has 2 aromatic rings. The first-order valence-corrected chi connectivity index (χ1v) is 5.34. The second kappa shape index (κ2) is 5.37. The number of methoxy groups -OCH3 is 1. The van der Waals surface area contributed by atoms with E-state index < -0.39 is 6.03 Å². The van der Waals surface area contributed by atoms with Gasteiger partial charge in [0.05, 0.1) is 12.8 Å². The van der Waals surface area contributed by atoms with Crippen LogP contribution in [0.3, 0.4) is 0 Å². The maximum absolute atomic E-state index is 11.7. The number of amides is 2. The number of benzene rings is 1. The molecular formula is C10H10ClN5O2. The van der Waals surface area contributed by atoms with E-state index in [2.05, 4.69) is 25.8 Å². The average molecular weight is 268 g/mol. The molecule has 94 valence electrons. The molecule has 1 heterocycles. The summed E-state index contributed by atoms with van der Waals surface area (Å²) < 4.78 is 5.10. The molecular weight excluding hydrogens is 258 g/mol. The van der Waals surface area contributed by atoms with Gasteiger partial charge in [0.15, 0.2) is 0 Å². The van der Waals surface area contributed by atoms with Gasteiger partial charge >= 0.3 is 6.03 Å². The molecule has 1 aromatic heterocycles. The number of rotatable bonds is 3. The zero-order valence-electron chi connectivity index (χ0n) is 9.40. The number of anilines is 2. The van der Waals surface area contributed by atoms with Gasteiger partial charge in [0.2, 0.25) is 5.95 Å². The lowest BCUT2D eigenvalue weighted by molar-refractivity contribution is 0.262. The maximum Gasteiger partial charge on any atom is 0.326 e. The Labute approximate surface area is 108 Å². The lowest BCUT2D eigenvalue weighted by Crippen LogP contribution is -2.20. The molecule has 0 unspecified atom stereocenters. The summed E-state index contributed by atoms with van der Waals surface area (Å²) in [5.74, 6) is 0.751. The summed E-state index contributed by atoms with van der Waals surface area (Å²) in [5, 5.41) is 11.7. The van der Waals surface area contributed by atoms with E-state index in [1.165, 1.54) is 13.4 Å². The highest BCUT2D eigenvalue weighted by Crippen LogP contribution is 2.27. The quantitative estimate of drug-likeness (QED) is 0.794. The fourth-order valence-corrected chi connectivity index (χ4v) is 1.48. The highest BCUT2D eigenvalue weighted by Gasteiger charge is 2.09. The Kier molecular flexibility index (Phi) is 3.63. The number of urea groups is 1. The molecule has 2 amide bonds. The van der Waals surface area contributed by atoms with E-state index in [0.29, 0.717) is 16.5 Å². The number of nitrogens with zero attached hydrogens (tertiary/aromatic N) is 2. The summed E-state index contributed by atoms with van der Waals surface area (Å²) >= 11 is 5.84. The molecule has 1 aromatic carbocycles. The number of aromatic nitrogens is 3. The van der Waals surface area contributed by atoms with Crippen molar-refractivity contribution in [2.24, 2.45) is 0 Å². The van der Waals surface area contributed by atoms with E-state index in [1.54, 1.807) is 18.2 Å². The normalized spacial score (nSPS) is 9.89. The van der Waals surface area contributed by atoms with Crippen LogP contribution >= 0.6 is 11.6 Å². The number of aromatic amines is 1. The van der Waals surface area contributed by atoms with Crippen LogP contribution in [0, 0.1) is 0 Å². The van der Waals surface area contributed by atoms with Crippen molar-refractivity contribution in [1.82, 2.24) is 15.2 Å². The Morgan fingerprint density at radius 2 is 2.28 bits per heavy atom. The van der Waals surface area contributed by atoms with Crippen molar-refractivity contribution in [3.8, 4) is 5.75 Å². The van der Waals surface area contributed by atoms with Crippen molar-refractivity contribution in [3.63, 3.8) is 0 Å². The van der Waals surface area contributed by atoms with Gasteiger partial charge in [-0.1, -0.05) is 11.6 Å². The standard InChI is InChI=1S/C10H10ClN5O2/c1-18-8-3-2-6(11)4-7(8)14-10(17)15-9-12-5-13-16-9/h2-5H,1H3,(H3,12,13,14,15,16,17). The summed E-state index contributed by atoms with van der Waals surface area (Å²) in [4.78, 5) is 15.4. The lowest BCUT2D eigenvalue weighted by Gasteiger charge is -2.10. The minimum atomic E-state index is -0.479. The summed E-state index contributed by atoms with van der Waals surface area (Å²) in [7, 11) is 1.50. The summed E-state index contributed by atoms with van der Waals surface area (Å²) in [6.07, 6.45) is 1.29. The van der Waals surface area contributed by atoms with Crippen molar-refractivity contribution in [2.75, 3.05) is 17.7 Å². The first-order chi connectivity index (χ1) is 8.69. The van der Waals surface area contributed by atoms with Crippen molar-refractivity contribution >= 4 is 29.3 Å². The fourth-order valence-electron chi connectivity index (χ4n) is 1.30. The Hall–Kier alpha value is -2.28. The smallest absolute Gasteiger partial charge is 0.326 e. The molecule has 0 spiro atoms. The highest BCUT2D eigenvalue weighted by molar-refractivity contribution is 6.31. The fraction of sp³-hybridized carbons (Fsp3) is 0.100. The monoisotopic (exact) mass is 267 g/mol. The highest BCUT2D eigenvalue weighted by atomic mass is 35.5. The third-order valence-corrected chi connectivity index (χ3v) is 2.29. The summed E-state index contributed by atoms with van der Waals surface area (Å²) in [6.45, 7) is 0. The van der Waals surface area contributed by atoms with Gasteiger partial charge in [-0.25, -0.2) is 9.89 Å². The van der Waals surface area contributed by atoms with Crippen LogP contribution in [0.25, 0.3) is 0 Å². The number of hydrogen-bond donors (Lipinski definition) is 3. The third kappa shape index (κ3) is 2.89. The van der Waals surface area contributed by atoms with Crippen LogP contribution < -0.4 is 15.4 Å². The van der Waals surface area contributed by atoms with Gasteiger partial charge in [-0.15, -0.1) is 0 Å². The molecule has 0 aliphatic rings. The van der Waals surface area contributed by atoms with Crippen LogP contribution in [0.5, 0.6) is 5.75 Å². The van der Waals surface area contributed by atoms with Gasteiger partial charge in [-0.3, -0.25) is 5.32 Å². The van der Waals surface area contributed by atoms with E-state index in [1.807, 2.05) is 0 Å². The number of nitrogens with one attached hydrogen (secondary N) is 3. The molecule has 0 bridgehead atoms. The minimum Gasteiger partial charge on any atom is -0.495 e. The van der Waals surface area contributed by atoms with Crippen molar-refractivity contribution in [2.45, 2.75) is 0 Å². The van der Waals surface area contributed by atoms with E-state index in [0.717, 1.165) is 0 Å². The van der Waals surface area contributed by atoms with Crippen LogP contribution in [-0.2, 0) is 0 Å². The molecule has 3 N–H and O–H groups in total. The number of carbonyl (C=O) groups is 1. The second-order valence-electron chi connectivity index (χ2n) is 3.26. The molecule has 0 radical (unpaired) electrons. The van der Waals surface area contributed by atoms with E-state index >= 15 is 0 Å². The Morgan fingerprint density at radius 1 is 1.44 bits per heavy atom. The molecule has 7 nitrogen and oxygen atoms in total. The van der Waals surface area contributed by atoms with Crippen LogP contribution in [0.1, 0.15) is 0 Å². The predicted octanol–water partition coefficient (Wildman–Crippen LogP) is 2.11. The summed E-state index contributed by atoms with van der Waals surface area (Å²) in [6, 6.07) is 4.43. The molecule has 0 atom stereocenters. The van der Waals surface area contributed by atoms with E-state index in [9.17, 15) is 4.79 Å². The topological polar surface area (TPSA) is 91.9 Å². The summed E-state index contributed by atoms with van der Waals surface area (Å²) in [5.41, 5.74) is 0.460. The van der Waals surface area contributed by atoms with Crippen LogP contribution in [0.2, 0.25) is 5.02 Å². The molecule has 0 aliphatic heterocycles. The Bertz CT molecular complexity index is 543. The van der Waals surface area contributed by atoms with Crippen molar-refractivity contribution in [3.05, 3.63) is 29.5 Å². The molecule has 0 saturated heterocycles. The Balaban J connectivity index is 2.08. The molecule has 0 fully saturated rings. The molecule has 2 rings (SSSR count). The van der Waals surface area contributed by atoms with Crippen LogP contribution in [-0.4, -0.2) is 28.3 Å². The molecule has 18 heavy (non-hydrogen) atoms. The second-order valence-corrected chi connectivity index (χ2v) is 3.69. The first-order valence-electron chi connectivity index (χ1n) is 4.96. The van der Waals surface area contributed by atoms with Crippen LogP contribution in [0.15, 0.2) is 24.5 Å². The average Bonchev–Trinajstić information content (AvgIpc) is 2.82. The third-order valence-electron chi connectivity index (χ3n) is 2.06. The van der Waals surface area contributed by atoms with Crippen molar-refractivity contribution in [1.29, 1.82) is 0 Å². The van der Waals surface area contributed by atoms with Gasteiger partial charge < -0.3 is 10.1 Å². The predicted molar refractivity (Wildman–Crippen MR) is 67.0 cm³/mol. The van der Waals surface area contributed by atoms with Gasteiger partial charge in [0.25, 0.3) is 0 Å². The number of halogens is 1. The van der Waals surface area contributed by atoms with E-state index in [-0.39, 0.29) is 5.95 Å². The molecule has 0 aliphatic carbocycles. The van der Waals surface area contributed by atoms with Gasteiger partial charge in [-0.2, -0.15) is 10.1 Å². The largest absolute Gasteiger partial charge is 0.495 e. The number of ether oxygens (including phenoxy) is 1. The zero-order chi connectivity index (χ0) is 13.0. The molecule has 0 saturated carbocycles. The number of H-pyrrole nitrogens is 1. The van der Waals surface area contributed by atoms with Gasteiger partial charge in [-0.05, 0) is 18.2 Å². The lowest BCUT2D eigenvalue weighted by atomic mass is 10.3. The molecule has 8 heteroatoms. The van der Waals surface area contributed by atoms with Gasteiger partial charge in [0, 0.05) is 5.02 Å².